The third kappa shape index (κ3) is 5.02. The number of benzene rings is 9. The van der Waals surface area contributed by atoms with Gasteiger partial charge in [-0.2, -0.15) is 0 Å². The molecule has 12 rings (SSSR count). The molecule has 58 heavy (non-hydrogen) atoms. The Kier molecular flexibility index (Phi) is 7.20. The number of anilines is 3. The molecule has 0 fully saturated rings. The summed E-state index contributed by atoms with van der Waals surface area (Å²) in [4.78, 5) is 2.33. The highest BCUT2D eigenvalue weighted by Crippen LogP contribution is 2.43. The van der Waals surface area contributed by atoms with Gasteiger partial charge < -0.3 is 18.3 Å². The van der Waals surface area contributed by atoms with E-state index in [0.717, 1.165) is 88.8 Å². The summed E-state index contributed by atoms with van der Waals surface area (Å²) in [6.07, 6.45) is 0. The number of rotatable bonds is 6. The van der Waals surface area contributed by atoms with Crippen LogP contribution in [0, 0.1) is 0 Å². The summed E-state index contributed by atoms with van der Waals surface area (Å²) in [5.41, 5.74) is 14.7. The monoisotopic (exact) mass is 742 g/mol. The molecule has 0 aliphatic heterocycles. The zero-order chi connectivity index (χ0) is 38.2. The van der Waals surface area contributed by atoms with Crippen molar-refractivity contribution >= 4 is 82.7 Å². The first-order chi connectivity index (χ1) is 28.8. The average molecular weight is 743 g/mol. The molecule has 272 valence electrons. The van der Waals surface area contributed by atoms with Gasteiger partial charge in [-0.1, -0.05) is 127 Å². The number of aromatic nitrogens is 1. The first-order valence-electron chi connectivity index (χ1n) is 19.7. The molecular weight excluding hydrogens is 709 g/mol. The van der Waals surface area contributed by atoms with E-state index in [1.807, 2.05) is 18.2 Å². The second-order valence-corrected chi connectivity index (χ2v) is 14.9. The van der Waals surface area contributed by atoms with E-state index < -0.39 is 0 Å². The molecule has 3 heterocycles. The number of nitrogens with zero attached hydrogens (tertiary/aromatic N) is 2. The molecule has 0 amide bonds. The molecule has 4 nitrogen and oxygen atoms in total. The zero-order valence-corrected chi connectivity index (χ0v) is 31.3. The SMILES string of the molecule is c1ccc(-c2ccc(N(c3ccc(-c4cccc5c4oc4ccccc45)cc3)c3ccc(-n4c5ccccc5c5ccc6oc7ccccc7c6c54)cc3)cc2)cc1. The highest BCUT2D eigenvalue weighted by atomic mass is 16.3. The van der Waals surface area contributed by atoms with Crippen LogP contribution >= 0.6 is 0 Å². The maximum atomic E-state index is 6.42. The molecule has 0 saturated heterocycles. The van der Waals surface area contributed by atoms with Crippen LogP contribution in [-0.2, 0) is 0 Å². The van der Waals surface area contributed by atoms with E-state index in [1.54, 1.807) is 0 Å². The van der Waals surface area contributed by atoms with Crippen LogP contribution in [0.4, 0.5) is 17.1 Å². The number of hydrogen-bond donors (Lipinski definition) is 0. The van der Waals surface area contributed by atoms with Crippen LogP contribution in [0.3, 0.4) is 0 Å². The van der Waals surface area contributed by atoms with E-state index in [1.165, 1.54) is 21.9 Å². The summed E-state index contributed by atoms with van der Waals surface area (Å²) in [7, 11) is 0. The topological polar surface area (TPSA) is 34.5 Å². The van der Waals surface area contributed by atoms with Gasteiger partial charge in [-0.3, -0.25) is 0 Å². The molecule has 0 N–H and O–H groups in total. The molecule has 9 aromatic carbocycles. The van der Waals surface area contributed by atoms with E-state index in [9.17, 15) is 0 Å². The second-order valence-electron chi connectivity index (χ2n) is 14.9. The van der Waals surface area contributed by atoms with Gasteiger partial charge in [-0.25, -0.2) is 0 Å². The van der Waals surface area contributed by atoms with Gasteiger partial charge in [0.1, 0.15) is 22.3 Å². The van der Waals surface area contributed by atoms with Crippen molar-refractivity contribution in [2.75, 3.05) is 4.90 Å². The van der Waals surface area contributed by atoms with Gasteiger partial charge in [0, 0.05) is 55.2 Å². The molecule has 0 spiro atoms. The lowest BCUT2D eigenvalue weighted by Crippen LogP contribution is -2.10. The quantitative estimate of drug-likeness (QED) is 0.170. The lowest BCUT2D eigenvalue weighted by atomic mass is 10.0. The molecule has 4 heteroatoms. The van der Waals surface area contributed by atoms with Gasteiger partial charge >= 0.3 is 0 Å². The minimum atomic E-state index is 0.888. The Morgan fingerprint density at radius 2 is 0.914 bits per heavy atom. The van der Waals surface area contributed by atoms with E-state index in [0.29, 0.717) is 0 Å². The lowest BCUT2D eigenvalue weighted by Gasteiger charge is -2.26. The van der Waals surface area contributed by atoms with Crippen LogP contribution in [0.25, 0.3) is 93.6 Å². The zero-order valence-electron chi connectivity index (χ0n) is 31.3. The summed E-state index contributed by atoms with van der Waals surface area (Å²) in [5.74, 6) is 0. The van der Waals surface area contributed by atoms with Crippen molar-refractivity contribution in [2.24, 2.45) is 0 Å². The largest absolute Gasteiger partial charge is 0.456 e. The van der Waals surface area contributed by atoms with Gasteiger partial charge in [0.25, 0.3) is 0 Å². The lowest BCUT2D eigenvalue weighted by molar-refractivity contribution is 0.669. The maximum absolute atomic E-state index is 6.42. The van der Waals surface area contributed by atoms with Crippen LogP contribution in [0.15, 0.2) is 215 Å². The molecular formula is C54H34N2O2. The van der Waals surface area contributed by atoms with Crippen molar-refractivity contribution in [3.63, 3.8) is 0 Å². The fraction of sp³-hybridized carbons (Fsp3) is 0. The minimum absolute atomic E-state index is 0.888. The molecule has 0 unspecified atom stereocenters. The van der Waals surface area contributed by atoms with Crippen molar-refractivity contribution in [2.45, 2.75) is 0 Å². The third-order valence-corrected chi connectivity index (χ3v) is 11.6. The third-order valence-electron chi connectivity index (χ3n) is 11.6. The summed E-state index contributed by atoms with van der Waals surface area (Å²) >= 11 is 0. The van der Waals surface area contributed by atoms with Gasteiger partial charge in [0.05, 0.1) is 16.4 Å². The molecule has 0 aliphatic carbocycles. The van der Waals surface area contributed by atoms with Crippen LogP contribution in [0.2, 0.25) is 0 Å². The first-order valence-corrected chi connectivity index (χ1v) is 19.7. The Bertz CT molecular complexity index is 3480. The fourth-order valence-corrected chi connectivity index (χ4v) is 8.93. The van der Waals surface area contributed by atoms with Crippen molar-refractivity contribution in [1.29, 1.82) is 0 Å². The highest BCUT2D eigenvalue weighted by Gasteiger charge is 2.20. The Hall–Kier alpha value is -7.82. The van der Waals surface area contributed by atoms with Crippen molar-refractivity contribution in [1.82, 2.24) is 4.57 Å². The van der Waals surface area contributed by atoms with Crippen molar-refractivity contribution in [3.05, 3.63) is 206 Å². The predicted octanol–water partition coefficient (Wildman–Crippen LogP) is 15.4. The summed E-state index contributed by atoms with van der Waals surface area (Å²) in [6.45, 7) is 0. The second kappa shape index (κ2) is 12.9. The van der Waals surface area contributed by atoms with Gasteiger partial charge in [-0.05, 0) is 95.6 Å². The Morgan fingerprint density at radius 3 is 1.66 bits per heavy atom. The Labute approximate surface area is 334 Å². The summed E-state index contributed by atoms with van der Waals surface area (Å²) in [6, 6.07) is 73.1. The number of hydrogen-bond acceptors (Lipinski definition) is 3. The van der Waals surface area contributed by atoms with Crippen LogP contribution < -0.4 is 4.90 Å². The van der Waals surface area contributed by atoms with Gasteiger partial charge in [0.2, 0.25) is 0 Å². The van der Waals surface area contributed by atoms with E-state index in [-0.39, 0.29) is 0 Å². The average Bonchev–Trinajstić information content (AvgIpc) is 3.97. The first kappa shape index (κ1) is 32.4. The molecule has 0 aliphatic rings. The number of para-hydroxylation sites is 4. The normalized spacial score (nSPS) is 11.8. The Balaban J connectivity index is 0.997. The van der Waals surface area contributed by atoms with Crippen LogP contribution in [-0.4, -0.2) is 4.57 Å². The van der Waals surface area contributed by atoms with E-state index in [2.05, 4.69) is 198 Å². The maximum Gasteiger partial charge on any atom is 0.143 e. The fourth-order valence-electron chi connectivity index (χ4n) is 8.93. The molecule has 0 saturated carbocycles. The summed E-state index contributed by atoms with van der Waals surface area (Å²) in [5, 5.41) is 6.93. The standard InChI is InChI=1S/C54H34N2O2/c1-2-11-35(12-3-1)36-21-25-38(26-22-36)55(39-27-23-37(24-28-39)42-16-10-17-46-44-14-5-8-19-49(44)58-54(42)46)40-29-31-41(32-30-40)56-48-18-7-4-13-43(48)45-33-34-51-52(53(45)56)47-15-6-9-20-50(47)57-51/h1-34H. The molecule has 0 radical (unpaired) electrons. The molecule has 12 aromatic rings. The van der Waals surface area contributed by atoms with Crippen molar-refractivity contribution < 1.29 is 8.83 Å². The molecule has 3 aromatic heterocycles. The Morgan fingerprint density at radius 1 is 0.345 bits per heavy atom. The van der Waals surface area contributed by atoms with E-state index in [4.69, 9.17) is 8.83 Å². The van der Waals surface area contributed by atoms with Gasteiger partial charge in [0.15, 0.2) is 0 Å². The summed E-state index contributed by atoms with van der Waals surface area (Å²) < 4.78 is 15.2. The molecule has 0 bridgehead atoms. The van der Waals surface area contributed by atoms with Crippen LogP contribution in [0.5, 0.6) is 0 Å². The smallest absolute Gasteiger partial charge is 0.143 e. The van der Waals surface area contributed by atoms with Crippen molar-refractivity contribution in [3.8, 4) is 27.9 Å². The number of furan rings is 2. The minimum Gasteiger partial charge on any atom is -0.456 e. The molecule has 0 atom stereocenters. The predicted molar refractivity (Wildman–Crippen MR) is 241 cm³/mol. The van der Waals surface area contributed by atoms with Gasteiger partial charge in [-0.15, -0.1) is 0 Å². The number of fused-ring (bicyclic) bond motifs is 10. The van der Waals surface area contributed by atoms with Crippen LogP contribution in [0.1, 0.15) is 0 Å². The van der Waals surface area contributed by atoms with E-state index >= 15 is 0 Å². The highest BCUT2D eigenvalue weighted by molar-refractivity contribution is 6.24.